The first kappa shape index (κ1) is 20.1. The van der Waals surface area contributed by atoms with Gasteiger partial charge in [0.1, 0.15) is 0 Å². The first-order valence-electron chi connectivity index (χ1n) is 9.30. The standard InChI is InChI=1S/C22H25BrN4O/c1-25(2)21-10-4-18(5-11-21)16-27(14-3-13-26-15-12-24-17-26)22(28)19-6-8-20(23)9-7-19/h4-12,15,17H,3,13-14,16H2,1-2H3. The van der Waals surface area contributed by atoms with Crippen molar-refractivity contribution < 1.29 is 4.79 Å². The average molecular weight is 441 g/mol. The van der Waals surface area contributed by atoms with Gasteiger partial charge in [-0.3, -0.25) is 4.79 Å². The van der Waals surface area contributed by atoms with E-state index in [-0.39, 0.29) is 5.91 Å². The van der Waals surface area contributed by atoms with Crippen LogP contribution in [0, 0.1) is 0 Å². The SMILES string of the molecule is CN(C)c1ccc(CN(CCCn2ccnc2)C(=O)c2ccc(Br)cc2)cc1. The first-order chi connectivity index (χ1) is 13.5. The minimum Gasteiger partial charge on any atom is -0.378 e. The highest BCUT2D eigenvalue weighted by Crippen LogP contribution is 2.17. The zero-order valence-electron chi connectivity index (χ0n) is 16.3. The van der Waals surface area contributed by atoms with Crippen LogP contribution in [-0.4, -0.2) is 41.0 Å². The van der Waals surface area contributed by atoms with E-state index in [4.69, 9.17) is 0 Å². The molecule has 0 N–H and O–H groups in total. The van der Waals surface area contributed by atoms with E-state index in [2.05, 4.69) is 50.1 Å². The van der Waals surface area contributed by atoms with Gasteiger partial charge in [0.25, 0.3) is 5.91 Å². The molecule has 0 aliphatic heterocycles. The lowest BCUT2D eigenvalue weighted by Gasteiger charge is -2.24. The maximum Gasteiger partial charge on any atom is 0.254 e. The van der Waals surface area contributed by atoms with Gasteiger partial charge < -0.3 is 14.4 Å². The number of amides is 1. The summed E-state index contributed by atoms with van der Waals surface area (Å²) in [5.74, 6) is 0.0508. The summed E-state index contributed by atoms with van der Waals surface area (Å²) in [5.41, 5.74) is 2.98. The van der Waals surface area contributed by atoms with Crippen LogP contribution in [0.25, 0.3) is 0 Å². The number of benzene rings is 2. The van der Waals surface area contributed by atoms with Gasteiger partial charge >= 0.3 is 0 Å². The van der Waals surface area contributed by atoms with Crippen LogP contribution in [-0.2, 0) is 13.1 Å². The zero-order valence-corrected chi connectivity index (χ0v) is 17.8. The molecule has 0 aliphatic carbocycles. The second-order valence-corrected chi connectivity index (χ2v) is 7.86. The molecule has 0 aliphatic rings. The Hall–Kier alpha value is -2.60. The quantitative estimate of drug-likeness (QED) is 0.519. The number of nitrogens with zero attached hydrogens (tertiary/aromatic N) is 4. The molecule has 0 spiro atoms. The molecule has 1 heterocycles. The number of aryl methyl sites for hydroxylation is 1. The fraction of sp³-hybridized carbons (Fsp3) is 0.273. The van der Waals surface area contributed by atoms with E-state index in [0.29, 0.717) is 18.7 Å². The largest absolute Gasteiger partial charge is 0.378 e. The van der Waals surface area contributed by atoms with E-state index in [1.807, 2.05) is 54.0 Å². The van der Waals surface area contributed by atoms with Gasteiger partial charge in [0.05, 0.1) is 6.33 Å². The Morgan fingerprint density at radius 3 is 2.39 bits per heavy atom. The fourth-order valence-corrected chi connectivity index (χ4v) is 3.27. The second kappa shape index (κ2) is 9.55. The van der Waals surface area contributed by atoms with Gasteiger partial charge in [-0.25, -0.2) is 4.98 Å². The molecule has 1 amide bonds. The Bertz CT molecular complexity index is 874. The summed E-state index contributed by atoms with van der Waals surface area (Å²) in [6, 6.07) is 15.9. The molecule has 0 atom stereocenters. The molecule has 0 unspecified atom stereocenters. The predicted molar refractivity (Wildman–Crippen MR) is 116 cm³/mol. The van der Waals surface area contributed by atoms with E-state index in [1.54, 1.807) is 12.5 Å². The molecule has 5 nitrogen and oxygen atoms in total. The third-order valence-corrected chi connectivity index (χ3v) is 5.14. The molecule has 0 fully saturated rings. The highest BCUT2D eigenvalue weighted by atomic mass is 79.9. The summed E-state index contributed by atoms with van der Waals surface area (Å²) < 4.78 is 3.00. The average Bonchev–Trinajstić information content (AvgIpc) is 3.21. The van der Waals surface area contributed by atoms with Gasteiger partial charge in [0.15, 0.2) is 0 Å². The normalized spacial score (nSPS) is 10.7. The lowest BCUT2D eigenvalue weighted by molar-refractivity contribution is 0.0739. The third kappa shape index (κ3) is 5.45. The van der Waals surface area contributed by atoms with Crippen LogP contribution in [0.5, 0.6) is 0 Å². The van der Waals surface area contributed by atoms with Gasteiger partial charge in [-0.2, -0.15) is 0 Å². The number of imidazole rings is 1. The number of hydrogen-bond acceptors (Lipinski definition) is 3. The van der Waals surface area contributed by atoms with Crippen LogP contribution in [0.15, 0.2) is 71.7 Å². The molecule has 3 aromatic rings. The Labute approximate surface area is 174 Å². The van der Waals surface area contributed by atoms with E-state index in [1.165, 1.54) is 0 Å². The summed E-state index contributed by atoms with van der Waals surface area (Å²) in [7, 11) is 4.04. The van der Waals surface area contributed by atoms with Crippen LogP contribution in [0.4, 0.5) is 5.69 Å². The molecular weight excluding hydrogens is 416 g/mol. The lowest BCUT2D eigenvalue weighted by Crippen LogP contribution is -2.32. The molecule has 28 heavy (non-hydrogen) atoms. The molecule has 0 radical (unpaired) electrons. The van der Waals surface area contributed by atoms with Gasteiger partial charge in [-0.05, 0) is 48.4 Å². The van der Waals surface area contributed by atoms with Crippen molar-refractivity contribution in [3.63, 3.8) is 0 Å². The van der Waals surface area contributed by atoms with E-state index >= 15 is 0 Å². The zero-order chi connectivity index (χ0) is 19.9. The van der Waals surface area contributed by atoms with Crippen molar-refractivity contribution in [1.82, 2.24) is 14.5 Å². The summed E-state index contributed by atoms with van der Waals surface area (Å²) in [6.07, 6.45) is 6.40. The third-order valence-electron chi connectivity index (χ3n) is 4.61. The maximum atomic E-state index is 13.1. The molecule has 0 saturated heterocycles. The molecule has 0 saturated carbocycles. The highest BCUT2D eigenvalue weighted by Gasteiger charge is 2.16. The van der Waals surface area contributed by atoms with Crippen molar-refractivity contribution in [3.05, 3.63) is 82.9 Å². The van der Waals surface area contributed by atoms with Crippen LogP contribution in [0.2, 0.25) is 0 Å². The van der Waals surface area contributed by atoms with E-state index in [0.717, 1.165) is 28.7 Å². The number of anilines is 1. The minimum atomic E-state index is 0.0508. The molecule has 1 aromatic heterocycles. The smallest absolute Gasteiger partial charge is 0.254 e. The Balaban J connectivity index is 1.72. The number of rotatable bonds is 8. The van der Waals surface area contributed by atoms with Crippen molar-refractivity contribution in [2.45, 2.75) is 19.5 Å². The number of carbonyl (C=O) groups excluding carboxylic acids is 1. The summed E-state index contributed by atoms with van der Waals surface area (Å²) in [6.45, 7) is 2.11. The van der Waals surface area contributed by atoms with Gasteiger partial charge in [-0.15, -0.1) is 0 Å². The topological polar surface area (TPSA) is 41.4 Å². The first-order valence-corrected chi connectivity index (χ1v) is 10.1. The molecule has 2 aromatic carbocycles. The predicted octanol–water partition coefficient (Wildman–Crippen LogP) is 4.44. The Morgan fingerprint density at radius 1 is 1.07 bits per heavy atom. The lowest BCUT2D eigenvalue weighted by atomic mass is 10.1. The monoisotopic (exact) mass is 440 g/mol. The summed E-state index contributed by atoms with van der Waals surface area (Å²) in [5, 5.41) is 0. The van der Waals surface area contributed by atoms with Crippen LogP contribution in [0.1, 0.15) is 22.3 Å². The molecule has 146 valence electrons. The van der Waals surface area contributed by atoms with Crippen LogP contribution in [0.3, 0.4) is 0 Å². The van der Waals surface area contributed by atoms with Crippen molar-refractivity contribution in [2.75, 3.05) is 25.5 Å². The molecule has 0 bridgehead atoms. The Morgan fingerprint density at radius 2 is 1.79 bits per heavy atom. The van der Waals surface area contributed by atoms with Gasteiger partial charge in [0, 0.05) is 61.8 Å². The summed E-state index contributed by atoms with van der Waals surface area (Å²) in [4.78, 5) is 21.2. The number of aromatic nitrogens is 2. The van der Waals surface area contributed by atoms with Crippen molar-refractivity contribution in [1.29, 1.82) is 0 Å². The molecule has 6 heteroatoms. The highest BCUT2D eigenvalue weighted by molar-refractivity contribution is 9.10. The summed E-state index contributed by atoms with van der Waals surface area (Å²) >= 11 is 3.43. The van der Waals surface area contributed by atoms with Crippen LogP contribution < -0.4 is 4.90 Å². The van der Waals surface area contributed by atoms with Gasteiger partial charge in [-0.1, -0.05) is 28.1 Å². The van der Waals surface area contributed by atoms with Gasteiger partial charge in [0.2, 0.25) is 0 Å². The fourth-order valence-electron chi connectivity index (χ4n) is 3.01. The Kier molecular flexibility index (Phi) is 6.87. The number of carbonyl (C=O) groups is 1. The van der Waals surface area contributed by atoms with E-state index in [9.17, 15) is 4.79 Å². The van der Waals surface area contributed by atoms with Crippen molar-refractivity contribution >= 4 is 27.5 Å². The molecular formula is C22H25BrN4O. The second-order valence-electron chi connectivity index (χ2n) is 6.95. The van der Waals surface area contributed by atoms with Crippen molar-refractivity contribution in [3.8, 4) is 0 Å². The maximum absolute atomic E-state index is 13.1. The molecule has 3 rings (SSSR count). The van der Waals surface area contributed by atoms with Crippen LogP contribution >= 0.6 is 15.9 Å². The van der Waals surface area contributed by atoms with Crippen molar-refractivity contribution in [2.24, 2.45) is 0 Å². The number of halogens is 1. The number of hydrogen-bond donors (Lipinski definition) is 0. The van der Waals surface area contributed by atoms with E-state index < -0.39 is 0 Å². The minimum absolute atomic E-state index is 0.0508.